The van der Waals surface area contributed by atoms with Crippen LogP contribution in [0.15, 0.2) is 12.2 Å². The third-order valence-electron chi connectivity index (χ3n) is 8.75. The Balaban J connectivity index is 1.53. The van der Waals surface area contributed by atoms with Crippen LogP contribution < -0.4 is 0 Å². The maximum Gasteiger partial charge on any atom is 0.334 e. The molecule has 5 aliphatic rings. The van der Waals surface area contributed by atoms with E-state index in [1.54, 1.807) is 0 Å². The van der Waals surface area contributed by atoms with Crippen molar-refractivity contribution < 1.29 is 23.8 Å². The molecular weight excluding hydrogens is 344 g/mol. The molecule has 0 spiro atoms. The Morgan fingerprint density at radius 2 is 2.04 bits per heavy atom. The van der Waals surface area contributed by atoms with Gasteiger partial charge in [-0.25, -0.2) is 4.79 Å². The van der Waals surface area contributed by atoms with Crippen LogP contribution in [0, 0.1) is 28.6 Å². The molecule has 5 heteroatoms. The van der Waals surface area contributed by atoms with Crippen LogP contribution >= 0.6 is 0 Å². The summed E-state index contributed by atoms with van der Waals surface area (Å²) in [5.74, 6) is 0.384. The van der Waals surface area contributed by atoms with Gasteiger partial charge in [0.25, 0.3) is 0 Å². The fourth-order valence-electron chi connectivity index (χ4n) is 7.17. The summed E-state index contributed by atoms with van der Waals surface area (Å²) in [5, 5.41) is 0. The van der Waals surface area contributed by atoms with E-state index in [4.69, 9.17) is 14.2 Å². The van der Waals surface area contributed by atoms with E-state index in [9.17, 15) is 9.59 Å². The molecule has 27 heavy (non-hydrogen) atoms. The van der Waals surface area contributed by atoms with Gasteiger partial charge in [0.2, 0.25) is 0 Å². The second-order valence-electron chi connectivity index (χ2n) is 10.3. The van der Waals surface area contributed by atoms with E-state index in [2.05, 4.69) is 20.4 Å². The molecule has 0 N–H and O–H groups in total. The number of esters is 2. The fourth-order valence-corrected chi connectivity index (χ4v) is 7.17. The first kappa shape index (κ1) is 17.7. The van der Waals surface area contributed by atoms with Gasteiger partial charge in [-0.05, 0) is 62.7 Å². The molecule has 8 unspecified atom stereocenters. The summed E-state index contributed by atoms with van der Waals surface area (Å²) in [6.45, 7) is 10.7. The first-order chi connectivity index (χ1) is 12.7. The van der Waals surface area contributed by atoms with Crippen molar-refractivity contribution in [2.24, 2.45) is 28.6 Å². The minimum atomic E-state index is -0.231. The highest BCUT2D eigenvalue weighted by Gasteiger charge is 2.69. The predicted molar refractivity (Wildman–Crippen MR) is 97.6 cm³/mol. The molecule has 2 heterocycles. The van der Waals surface area contributed by atoms with Crippen molar-refractivity contribution in [3.63, 3.8) is 0 Å². The Labute approximate surface area is 160 Å². The second-order valence-corrected chi connectivity index (χ2v) is 10.3. The third-order valence-corrected chi connectivity index (χ3v) is 8.75. The topological polar surface area (TPSA) is 65.1 Å². The molecule has 2 aliphatic heterocycles. The minimum absolute atomic E-state index is 0.0376. The number of hydrogen-bond donors (Lipinski definition) is 0. The van der Waals surface area contributed by atoms with Crippen LogP contribution in [-0.2, 0) is 23.8 Å². The monoisotopic (exact) mass is 374 g/mol. The Kier molecular flexibility index (Phi) is 3.52. The Morgan fingerprint density at radius 3 is 2.78 bits per heavy atom. The van der Waals surface area contributed by atoms with Crippen molar-refractivity contribution in [2.45, 2.75) is 77.1 Å². The Bertz CT molecular complexity index is 730. The maximum atomic E-state index is 12.2. The molecule has 0 bridgehead atoms. The number of rotatable bonds is 2. The van der Waals surface area contributed by atoms with Gasteiger partial charge in [-0.3, -0.25) is 4.79 Å². The minimum Gasteiger partial charge on any atom is -0.465 e. The van der Waals surface area contributed by atoms with Crippen LogP contribution in [0.4, 0.5) is 0 Å². The third kappa shape index (κ3) is 2.39. The summed E-state index contributed by atoms with van der Waals surface area (Å²) in [6.07, 6.45) is 6.45. The zero-order valence-electron chi connectivity index (χ0n) is 16.6. The summed E-state index contributed by atoms with van der Waals surface area (Å²) in [4.78, 5) is 23.8. The van der Waals surface area contributed by atoms with E-state index in [0.29, 0.717) is 30.1 Å². The lowest BCUT2D eigenvalue weighted by atomic mass is 9.51. The standard InChI is InChI=1S/C22H30O5/c1-12-17-15(26-19(12)24)9-22(11-25-13(2)23)8-7-20(3)10-16-21(4,27-16)6-5-14(20)18(17)22/h14-18H,1,5-11H2,2-4H3. The molecule has 8 atom stereocenters. The van der Waals surface area contributed by atoms with Crippen molar-refractivity contribution in [2.75, 3.05) is 6.61 Å². The molecule has 0 aromatic heterocycles. The van der Waals surface area contributed by atoms with Crippen LogP contribution in [0.3, 0.4) is 0 Å². The molecule has 0 aromatic rings. The maximum absolute atomic E-state index is 12.2. The van der Waals surface area contributed by atoms with E-state index in [1.165, 1.54) is 6.92 Å². The average Bonchev–Trinajstić information content (AvgIpc) is 3.01. The van der Waals surface area contributed by atoms with Gasteiger partial charge in [0.15, 0.2) is 0 Å². The molecule has 148 valence electrons. The van der Waals surface area contributed by atoms with Gasteiger partial charge in [-0.15, -0.1) is 0 Å². The zero-order valence-corrected chi connectivity index (χ0v) is 16.6. The first-order valence-electron chi connectivity index (χ1n) is 10.4. The van der Waals surface area contributed by atoms with Gasteiger partial charge >= 0.3 is 11.9 Å². The van der Waals surface area contributed by atoms with E-state index < -0.39 is 0 Å². The number of epoxide rings is 1. The average molecular weight is 374 g/mol. The highest BCUT2D eigenvalue weighted by atomic mass is 16.6. The highest BCUT2D eigenvalue weighted by molar-refractivity contribution is 5.91. The summed E-state index contributed by atoms with van der Waals surface area (Å²) < 4.78 is 17.3. The number of fused-ring (bicyclic) bond motifs is 6. The van der Waals surface area contributed by atoms with Crippen molar-refractivity contribution in [3.8, 4) is 0 Å². The largest absolute Gasteiger partial charge is 0.465 e. The summed E-state index contributed by atoms with van der Waals surface area (Å²) in [7, 11) is 0. The molecular formula is C22H30O5. The lowest BCUT2D eigenvalue weighted by Crippen LogP contribution is -2.50. The van der Waals surface area contributed by atoms with E-state index >= 15 is 0 Å². The second kappa shape index (κ2) is 5.37. The van der Waals surface area contributed by atoms with E-state index in [0.717, 1.165) is 38.5 Å². The summed E-state index contributed by atoms with van der Waals surface area (Å²) in [5.41, 5.74) is 0.779. The molecule has 0 aromatic carbocycles. The van der Waals surface area contributed by atoms with Crippen LogP contribution in [0.1, 0.15) is 59.3 Å². The summed E-state index contributed by atoms with van der Waals surface area (Å²) >= 11 is 0. The lowest BCUT2D eigenvalue weighted by Gasteiger charge is -2.54. The number of ether oxygens (including phenoxy) is 3. The van der Waals surface area contributed by atoms with Gasteiger partial charge < -0.3 is 14.2 Å². The Hall–Kier alpha value is -1.36. The first-order valence-corrected chi connectivity index (χ1v) is 10.4. The summed E-state index contributed by atoms with van der Waals surface area (Å²) in [6, 6.07) is 0. The molecule has 5 nitrogen and oxygen atoms in total. The van der Waals surface area contributed by atoms with Gasteiger partial charge in [-0.2, -0.15) is 0 Å². The van der Waals surface area contributed by atoms with Crippen molar-refractivity contribution >= 4 is 11.9 Å². The molecule has 5 rings (SSSR count). The lowest BCUT2D eigenvalue weighted by molar-refractivity contribution is -0.152. The normalized spacial score (nSPS) is 52.8. The van der Waals surface area contributed by atoms with Crippen LogP contribution in [-0.4, -0.2) is 36.4 Å². The van der Waals surface area contributed by atoms with Crippen LogP contribution in [0.2, 0.25) is 0 Å². The number of carbonyl (C=O) groups is 2. The van der Waals surface area contributed by atoms with E-state index in [1.807, 2.05) is 0 Å². The molecule has 0 amide bonds. The number of hydrogen-bond acceptors (Lipinski definition) is 5. The van der Waals surface area contributed by atoms with Crippen LogP contribution in [0.25, 0.3) is 0 Å². The fraction of sp³-hybridized carbons (Fsp3) is 0.818. The molecule has 5 fully saturated rings. The predicted octanol–water partition coefficient (Wildman–Crippen LogP) is 3.41. The zero-order chi connectivity index (χ0) is 19.2. The molecule has 3 saturated carbocycles. The van der Waals surface area contributed by atoms with Gasteiger partial charge in [0.1, 0.15) is 6.10 Å². The van der Waals surface area contributed by atoms with Crippen molar-refractivity contribution in [3.05, 3.63) is 12.2 Å². The van der Waals surface area contributed by atoms with E-state index in [-0.39, 0.29) is 40.4 Å². The Morgan fingerprint density at radius 1 is 1.26 bits per heavy atom. The van der Waals surface area contributed by atoms with Gasteiger partial charge in [0, 0.05) is 23.8 Å². The van der Waals surface area contributed by atoms with Crippen molar-refractivity contribution in [1.29, 1.82) is 0 Å². The molecule has 0 radical (unpaired) electrons. The van der Waals surface area contributed by atoms with Gasteiger partial charge in [-0.1, -0.05) is 13.5 Å². The SMILES string of the molecule is C=C1C(=O)OC2CC3(COC(C)=O)CCC4(C)CC5OC5(C)CCC4C3C12. The van der Waals surface area contributed by atoms with Crippen LogP contribution in [0.5, 0.6) is 0 Å². The van der Waals surface area contributed by atoms with Crippen molar-refractivity contribution in [1.82, 2.24) is 0 Å². The quantitative estimate of drug-likeness (QED) is 0.421. The highest BCUT2D eigenvalue weighted by Crippen LogP contribution is 2.69. The smallest absolute Gasteiger partial charge is 0.334 e. The van der Waals surface area contributed by atoms with Gasteiger partial charge in [0.05, 0.1) is 18.3 Å². The molecule has 2 saturated heterocycles. The molecule has 3 aliphatic carbocycles. The number of carbonyl (C=O) groups excluding carboxylic acids is 2.